The lowest BCUT2D eigenvalue weighted by Gasteiger charge is -2.40. The molecule has 2 fully saturated rings. The van der Waals surface area contributed by atoms with E-state index in [1.165, 1.54) is 0 Å². The molecule has 6 nitrogen and oxygen atoms in total. The van der Waals surface area contributed by atoms with E-state index < -0.39 is 30.5 Å². The number of halogens is 3. The molecule has 0 bridgehead atoms. The van der Waals surface area contributed by atoms with Gasteiger partial charge in [0.05, 0.1) is 12.2 Å². The minimum atomic E-state index is -4.58. The molecule has 0 unspecified atom stereocenters. The average Bonchev–Trinajstić information content (AvgIpc) is 2.91. The van der Waals surface area contributed by atoms with Crippen molar-refractivity contribution in [2.75, 3.05) is 32.8 Å². The summed E-state index contributed by atoms with van der Waals surface area (Å²) < 4.78 is 46.3. The van der Waals surface area contributed by atoms with Crippen molar-refractivity contribution in [1.82, 2.24) is 9.80 Å². The van der Waals surface area contributed by atoms with Crippen LogP contribution in [0.1, 0.15) is 26.7 Å². The van der Waals surface area contributed by atoms with Crippen LogP contribution in [0.3, 0.4) is 0 Å². The Balaban J connectivity index is 1.97. The highest BCUT2D eigenvalue weighted by Gasteiger charge is 2.41. The molecule has 9 heteroatoms. The zero-order chi connectivity index (χ0) is 17.3. The van der Waals surface area contributed by atoms with Gasteiger partial charge < -0.3 is 14.4 Å². The first kappa shape index (κ1) is 17.8. The van der Waals surface area contributed by atoms with E-state index in [1.54, 1.807) is 4.90 Å². The van der Waals surface area contributed by atoms with Crippen molar-refractivity contribution in [3.63, 3.8) is 0 Å². The first-order chi connectivity index (χ1) is 10.6. The maximum atomic E-state index is 12.6. The van der Waals surface area contributed by atoms with E-state index in [9.17, 15) is 22.8 Å². The molecule has 2 aliphatic rings. The molecule has 0 saturated carbocycles. The van der Waals surface area contributed by atoms with E-state index in [1.807, 2.05) is 13.8 Å². The van der Waals surface area contributed by atoms with Crippen molar-refractivity contribution < 1.29 is 32.2 Å². The molecule has 1 atom stereocenters. The number of likely N-dealkylation sites (tertiary alicyclic amines) is 1. The first-order valence-electron chi connectivity index (χ1n) is 7.52. The molecule has 2 amide bonds. The summed E-state index contributed by atoms with van der Waals surface area (Å²) in [6.07, 6.45) is -4.68. The fraction of sp³-hybridized carbons (Fsp3) is 0.857. The summed E-state index contributed by atoms with van der Waals surface area (Å²) >= 11 is 0. The van der Waals surface area contributed by atoms with Crippen LogP contribution in [0.4, 0.5) is 18.0 Å². The molecule has 132 valence electrons. The smallest absolute Gasteiger partial charge is 0.422 e. The lowest BCUT2D eigenvalue weighted by molar-refractivity contribution is -0.163. The second kappa shape index (κ2) is 6.54. The van der Waals surface area contributed by atoms with Gasteiger partial charge in [-0.2, -0.15) is 13.2 Å². The van der Waals surface area contributed by atoms with Crippen LogP contribution in [-0.2, 0) is 14.3 Å². The summed E-state index contributed by atoms with van der Waals surface area (Å²) in [7, 11) is 0. The zero-order valence-corrected chi connectivity index (χ0v) is 13.2. The van der Waals surface area contributed by atoms with Gasteiger partial charge in [0.2, 0.25) is 5.91 Å². The van der Waals surface area contributed by atoms with E-state index >= 15 is 0 Å². The maximum Gasteiger partial charge on any atom is 0.422 e. The fourth-order valence-corrected chi connectivity index (χ4v) is 2.88. The Morgan fingerprint density at radius 1 is 1.30 bits per heavy atom. The number of nitrogens with zero attached hydrogens (tertiary/aromatic N) is 2. The second-order valence-corrected chi connectivity index (χ2v) is 6.39. The predicted molar refractivity (Wildman–Crippen MR) is 73.7 cm³/mol. The van der Waals surface area contributed by atoms with E-state index in [-0.39, 0.29) is 12.5 Å². The molecule has 0 aliphatic carbocycles. The van der Waals surface area contributed by atoms with Crippen molar-refractivity contribution >= 4 is 12.0 Å². The van der Waals surface area contributed by atoms with Gasteiger partial charge in [0.25, 0.3) is 0 Å². The summed E-state index contributed by atoms with van der Waals surface area (Å²) in [4.78, 5) is 27.1. The average molecular weight is 338 g/mol. The summed E-state index contributed by atoms with van der Waals surface area (Å²) in [5.74, 6) is -0.261. The molecule has 2 heterocycles. The van der Waals surface area contributed by atoms with Crippen LogP contribution in [0.5, 0.6) is 0 Å². The molecule has 0 aromatic rings. The normalized spacial score (nSPS) is 24.7. The van der Waals surface area contributed by atoms with Gasteiger partial charge in [0.1, 0.15) is 6.04 Å². The Morgan fingerprint density at radius 3 is 2.61 bits per heavy atom. The number of ether oxygens (including phenoxy) is 2. The molecular weight excluding hydrogens is 317 g/mol. The van der Waals surface area contributed by atoms with Gasteiger partial charge in [0, 0.05) is 19.6 Å². The Morgan fingerprint density at radius 2 is 2.00 bits per heavy atom. The Kier molecular flexibility index (Phi) is 5.07. The van der Waals surface area contributed by atoms with Crippen molar-refractivity contribution in [3.05, 3.63) is 0 Å². The monoisotopic (exact) mass is 338 g/mol. The zero-order valence-electron chi connectivity index (χ0n) is 13.2. The Hall–Kier alpha value is -1.51. The molecule has 2 saturated heterocycles. The number of hydrogen-bond acceptors (Lipinski definition) is 4. The first-order valence-corrected chi connectivity index (χ1v) is 7.52. The number of alkyl halides is 3. The van der Waals surface area contributed by atoms with E-state index in [4.69, 9.17) is 4.74 Å². The van der Waals surface area contributed by atoms with Crippen LogP contribution in [0.25, 0.3) is 0 Å². The molecule has 0 aromatic carbocycles. The highest BCUT2D eigenvalue weighted by atomic mass is 19.4. The maximum absolute atomic E-state index is 12.6. The van der Waals surface area contributed by atoms with E-state index in [0.29, 0.717) is 32.5 Å². The van der Waals surface area contributed by atoms with E-state index in [2.05, 4.69) is 4.74 Å². The summed E-state index contributed by atoms with van der Waals surface area (Å²) in [6, 6.07) is -0.760. The third kappa shape index (κ3) is 4.73. The number of hydrogen-bond donors (Lipinski definition) is 0. The Labute approximate surface area is 132 Å². The standard InChI is InChI=1S/C14H21F3N2O4/c1-13(2)8-18(6-7-23-13)11(20)10-4-3-5-19(10)12(21)22-9-14(15,16)17/h10H,3-9H2,1-2H3/t10-/m0/s1. The number of morpholine rings is 1. The van der Waals surface area contributed by atoms with Crippen molar-refractivity contribution in [1.29, 1.82) is 0 Å². The van der Waals surface area contributed by atoms with Crippen molar-refractivity contribution in [3.8, 4) is 0 Å². The minimum Gasteiger partial charge on any atom is -0.440 e. The highest BCUT2D eigenvalue weighted by Crippen LogP contribution is 2.24. The van der Waals surface area contributed by atoms with Gasteiger partial charge in [-0.25, -0.2) is 4.79 Å². The van der Waals surface area contributed by atoms with Gasteiger partial charge in [-0.15, -0.1) is 0 Å². The molecule has 0 N–H and O–H groups in total. The van der Waals surface area contributed by atoms with Gasteiger partial charge >= 0.3 is 12.3 Å². The molecular formula is C14H21F3N2O4. The molecule has 2 aliphatic heterocycles. The van der Waals surface area contributed by atoms with Gasteiger partial charge in [0.15, 0.2) is 6.61 Å². The second-order valence-electron chi connectivity index (χ2n) is 6.39. The quantitative estimate of drug-likeness (QED) is 0.770. The SMILES string of the molecule is CC1(C)CN(C(=O)[C@@H]2CCCN2C(=O)OCC(F)(F)F)CCO1. The fourth-order valence-electron chi connectivity index (χ4n) is 2.88. The molecule has 0 spiro atoms. The summed E-state index contributed by atoms with van der Waals surface area (Å²) in [5, 5.41) is 0. The van der Waals surface area contributed by atoms with Crippen LogP contribution in [0.15, 0.2) is 0 Å². The number of rotatable bonds is 2. The third-order valence-electron chi connectivity index (χ3n) is 3.87. The third-order valence-corrected chi connectivity index (χ3v) is 3.87. The lowest BCUT2D eigenvalue weighted by atomic mass is 10.1. The number of carbonyl (C=O) groups is 2. The van der Waals surface area contributed by atoms with Gasteiger partial charge in [-0.1, -0.05) is 0 Å². The van der Waals surface area contributed by atoms with Gasteiger partial charge in [-0.05, 0) is 26.7 Å². The number of amides is 2. The van der Waals surface area contributed by atoms with Crippen LogP contribution >= 0.6 is 0 Å². The summed E-state index contributed by atoms with van der Waals surface area (Å²) in [5.41, 5.74) is -0.478. The Bertz CT molecular complexity index is 467. The molecule has 0 aromatic heterocycles. The van der Waals surface area contributed by atoms with Crippen LogP contribution < -0.4 is 0 Å². The number of carbonyl (C=O) groups excluding carboxylic acids is 2. The van der Waals surface area contributed by atoms with Crippen molar-refractivity contribution in [2.45, 2.75) is 44.5 Å². The van der Waals surface area contributed by atoms with E-state index in [0.717, 1.165) is 4.90 Å². The molecule has 0 radical (unpaired) electrons. The van der Waals surface area contributed by atoms with Gasteiger partial charge in [-0.3, -0.25) is 9.69 Å². The molecule has 2 rings (SSSR count). The van der Waals surface area contributed by atoms with Crippen molar-refractivity contribution in [2.24, 2.45) is 0 Å². The summed E-state index contributed by atoms with van der Waals surface area (Å²) in [6.45, 7) is 3.48. The lowest BCUT2D eigenvalue weighted by Crippen LogP contribution is -2.55. The van der Waals surface area contributed by atoms with Crippen LogP contribution in [0.2, 0.25) is 0 Å². The largest absolute Gasteiger partial charge is 0.440 e. The van der Waals surface area contributed by atoms with Crippen LogP contribution in [0, 0.1) is 0 Å². The molecule has 23 heavy (non-hydrogen) atoms. The van der Waals surface area contributed by atoms with Crippen LogP contribution in [-0.4, -0.2) is 72.5 Å². The topological polar surface area (TPSA) is 59.1 Å². The highest BCUT2D eigenvalue weighted by molar-refractivity contribution is 5.86. The predicted octanol–water partition coefficient (Wildman–Crippen LogP) is 1.79. The minimum absolute atomic E-state index is 0.223.